The Labute approximate surface area is 267 Å². The van der Waals surface area contributed by atoms with Crippen molar-refractivity contribution in [3.05, 3.63) is 151 Å². The molecule has 0 saturated carbocycles. The molecule has 0 aliphatic rings. The molecular formula is C39H29CuN4. The second kappa shape index (κ2) is 12.6. The van der Waals surface area contributed by atoms with Gasteiger partial charge >= 0.3 is 17.1 Å². The Kier molecular flexibility index (Phi) is 8.33. The third kappa shape index (κ3) is 5.76. The van der Waals surface area contributed by atoms with Crippen LogP contribution < -0.4 is 4.98 Å². The first-order valence-corrected chi connectivity index (χ1v) is 14.4. The fraction of sp³-hybridized carbons (Fsp3) is 0.0513. The summed E-state index contributed by atoms with van der Waals surface area (Å²) in [6.07, 6.45) is 1.79. The molecule has 0 radical (unpaired) electrons. The Bertz CT molecular complexity index is 2050. The first-order chi connectivity index (χ1) is 21.1. The minimum atomic E-state index is 0. The molecule has 8 rings (SSSR count). The summed E-state index contributed by atoms with van der Waals surface area (Å²) in [5.41, 5.74) is 11.6. The van der Waals surface area contributed by atoms with E-state index in [1.54, 1.807) is 6.20 Å². The van der Waals surface area contributed by atoms with Crippen molar-refractivity contribution in [3.8, 4) is 33.6 Å². The van der Waals surface area contributed by atoms with Crippen molar-refractivity contribution in [1.29, 1.82) is 0 Å². The van der Waals surface area contributed by atoms with Gasteiger partial charge in [-0.1, -0.05) is 109 Å². The molecule has 0 atom stereocenters. The third-order valence-corrected chi connectivity index (χ3v) is 7.58. The number of benzene rings is 4. The second-order valence-electron chi connectivity index (χ2n) is 10.6. The first kappa shape index (κ1) is 29.0. The van der Waals surface area contributed by atoms with Gasteiger partial charge in [0.15, 0.2) is 0 Å². The molecule has 4 aromatic heterocycles. The van der Waals surface area contributed by atoms with E-state index in [0.29, 0.717) is 0 Å². The monoisotopic (exact) mass is 616 g/mol. The number of pyridine rings is 3. The number of hydrogen-bond acceptors (Lipinski definition) is 3. The van der Waals surface area contributed by atoms with Crippen LogP contribution in [0.25, 0.3) is 66.4 Å². The molecule has 0 bridgehead atoms. The van der Waals surface area contributed by atoms with E-state index in [1.165, 1.54) is 22.3 Å². The predicted molar refractivity (Wildman–Crippen MR) is 178 cm³/mol. The van der Waals surface area contributed by atoms with E-state index < -0.39 is 0 Å². The zero-order valence-corrected chi connectivity index (χ0v) is 25.3. The molecule has 0 amide bonds. The summed E-state index contributed by atoms with van der Waals surface area (Å²) in [6.45, 7) is 4.11. The van der Waals surface area contributed by atoms with Crippen molar-refractivity contribution in [2.24, 2.45) is 0 Å². The molecule has 4 aromatic carbocycles. The van der Waals surface area contributed by atoms with Gasteiger partial charge in [0, 0.05) is 34.1 Å². The minimum absolute atomic E-state index is 0. The molecule has 44 heavy (non-hydrogen) atoms. The van der Waals surface area contributed by atoms with Gasteiger partial charge in [0.25, 0.3) is 0 Å². The molecule has 4 heterocycles. The van der Waals surface area contributed by atoms with Crippen molar-refractivity contribution in [3.63, 3.8) is 0 Å². The molecule has 0 unspecified atom stereocenters. The van der Waals surface area contributed by atoms with Crippen molar-refractivity contribution >= 4 is 32.7 Å². The van der Waals surface area contributed by atoms with Crippen LogP contribution in [-0.4, -0.2) is 15.0 Å². The van der Waals surface area contributed by atoms with Crippen LogP contribution in [-0.2, 0) is 17.1 Å². The van der Waals surface area contributed by atoms with E-state index in [9.17, 15) is 0 Å². The fourth-order valence-electron chi connectivity index (χ4n) is 5.61. The van der Waals surface area contributed by atoms with Gasteiger partial charge in [-0.25, -0.2) is 0 Å². The van der Waals surface area contributed by atoms with Crippen molar-refractivity contribution in [1.82, 2.24) is 19.9 Å². The van der Waals surface area contributed by atoms with Crippen molar-refractivity contribution in [2.75, 3.05) is 0 Å². The second-order valence-corrected chi connectivity index (χ2v) is 10.6. The summed E-state index contributed by atoms with van der Waals surface area (Å²) in [6, 6.07) is 45.7. The molecule has 8 aromatic rings. The molecule has 0 N–H and O–H groups in total. The summed E-state index contributed by atoms with van der Waals surface area (Å²) >= 11 is 0. The third-order valence-electron chi connectivity index (χ3n) is 7.58. The van der Waals surface area contributed by atoms with E-state index in [-0.39, 0.29) is 17.1 Å². The fourth-order valence-corrected chi connectivity index (χ4v) is 5.61. The molecule has 0 aliphatic carbocycles. The summed E-state index contributed by atoms with van der Waals surface area (Å²) in [5, 5.41) is 3.45. The van der Waals surface area contributed by atoms with E-state index >= 15 is 0 Å². The van der Waals surface area contributed by atoms with E-state index in [2.05, 4.69) is 109 Å². The summed E-state index contributed by atoms with van der Waals surface area (Å²) in [5.74, 6) is 0. The van der Waals surface area contributed by atoms with Gasteiger partial charge in [0.05, 0.1) is 11.0 Å². The number of fused-ring (bicyclic) bond motifs is 4. The quantitative estimate of drug-likeness (QED) is 0.146. The van der Waals surface area contributed by atoms with Gasteiger partial charge in [0.2, 0.25) is 0 Å². The van der Waals surface area contributed by atoms with Crippen LogP contribution in [0.4, 0.5) is 0 Å². The number of para-hydroxylation sites is 1. The first-order valence-electron chi connectivity index (χ1n) is 14.4. The zero-order chi connectivity index (χ0) is 29.2. The summed E-state index contributed by atoms with van der Waals surface area (Å²) in [7, 11) is 0. The number of hydrogen-bond donors (Lipinski definition) is 0. The maximum Gasteiger partial charge on any atom is 1.00 e. The number of aromatic nitrogens is 4. The van der Waals surface area contributed by atoms with Crippen LogP contribution in [0.3, 0.4) is 0 Å². The van der Waals surface area contributed by atoms with Crippen LogP contribution in [0.2, 0.25) is 0 Å². The average Bonchev–Trinajstić information content (AvgIpc) is 3.50. The van der Waals surface area contributed by atoms with E-state index in [0.717, 1.165) is 55.5 Å². The Morgan fingerprint density at radius 3 is 1.57 bits per heavy atom. The zero-order valence-electron chi connectivity index (χ0n) is 24.4. The topological polar surface area (TPSA) is 52.8 Å². The standard InChI is InChI=1S/C26H20N2.C13H9N2.Cu/c1-17-15-23(19-9-5-3-6-10-19)21-13-14-22-24(20-11-7-4-8-12-20)16-18(2)28-26(22)25(21)27-17;1-2-6-11-10(5-1)9-13(15-11)12-7-3-4-8-14-12;/h3-16H,1-2H3;1-9H;/q;-1;+1. The van der Waals surface area contributed by atoms with Gasteiger partial charge in [-0.15, -0.1) is 11.2 Å². The van der Waals surface area contributed by atoms with Gasteiger partial charge < -0.3 is 4.98 Å². The largest absolute Gasteiger partial charge is 1.00 e. The molecule has 0 fully saturated rings. The molecular weight excluding hydrogens is 588 g/mol. The summed E-state index contributed by atoms with van der Waals surface area (Å²) in [4.78, 5) is 18.6. The van der Waals surface area contributed by atoms with Crippen molar-refractivity contribution in [2.45, 2.75) is 13.8 Å². The molecule has 0 saturated heterocycles. The average molecular weight is 617 g/mol. The maximum atomic E-state index is 4.90. The summed E-state index contributed by atoms with van der Waals surface area (Å²) < 4.78 is 0. The van der Waals surface area contributed by atoms with Crippen LogP contribution >= 0.6 is 0 Å². The predicted octanol–water partition coefficient (Wildman–Crippen LogP) is 9.59. The van der Waals surface area contributed by atoms with Crippen molar-refractivity contribution < 1.29 is 17.1 Å². The Balaban J connectivity index is 0.000000181. The van der Waals surface area contributed by atoms with Gasteiger partial charge in [-0.05, 0) is 65.8 Å². The van der Waals surface area contributed by atoms with Crippen LogP contribution in [0, 0.1) is 13.8 Å². The molecule has 4 nitrogen and oxygen atoms in total. The van der Waals surface area contributed by atoms with Crippen LogP contribution in [0.1, 0.15) is 11.4 Å². The minimum Gasteiger partial charge on any atom is -0.656 e. The van der Waals surface area contributed by atoms with Gasteiger partial charge in [-0.3, -0.25) is 15.0 Å². The normalized spacial score (nSPS) is 10.8. The smallest absolute Gasteiger partial charge is 0.656 e. The number of rotatable bonds is 3. The van der Waals surface area contributed by atoms with Crippen LogP contribution in [0.5, 0.6) is 0 Å². The molecule has 5 heteroatoms. The van der Waals surface area contributed by atoms with Gasteiger partial charge in [-0.2, -0.15) is 0 Å². The maximum absolute atomic E-state index is 4.90. The Hall–Kier alpha value is -5.09. The molecule has 0 aliphatic heterocycles. The SMILES string of the molecule is Cc1cc(-c2ccccc2)c2ccc3c(-c4ccccc4)cc(C)nc3c2n1.[Cu+].c1ccc(-c2cc3ccccc3[n-]2)nc1. The molecule has 216 valence electrons. The number of aryl methyl sites for hydroxylation is 2. The van der Waals surface area contributed by atoms with E-state index in [4.69, 9.17) is 9.97 Å². The Morgan fingerprint density at radius 1 is 0.523 bits per heavy atom. The molecule has 0 spiro atoms. The van der Waals surface area contributed by atoms with Crippen LogP contribution in [0.15, 0.2) is 140 Å². The number of nitrogens with zero attached hydrogens (tertiary/aromatic N) is 4. The van der Waals surface area contributed by atoms with Gasteiger partial charge in [0.1, 0.15) is 0 Å². The van der Waals surface area contributed by atoms with E-state index in [1.807, 2.05) is 48.5 Å². The Morgan fingerprint density at radius 2 is 1.05 bits per heavy atom.